The van der Waals surface area contributed by atoms with Crippen LogP contribution in [0.1, 0.15) is 30.9 Å². The van der Waals surface area contributed by atoms with Gasteiger partial charge in [0.2, 0.25) is 0 Å². The first kappa shape index (κ1) is 12.8. The van der Waals surface area contributed by atoms with Gasteiger partial charge in [-0.2, -0.15) is 0 Å². The zero-order valence-corrected chi connectivity index (χ0v) is 12.3. The monoisotopic (exact) mass is 292 g/mol. The lowest BCUT2D eigenvalue weighted by Gasteiger charge is -2.26. The summed E-state index contributed by atoms with van der Waals surface area (Å²) >= 11 is 12.1. The summed E-state index contributed by atoms with van der Waals surface area (Å²) in [6.45, 7) is 4.19. The summed E-state index contributed by atoms with van der Waals surface area (Å²) in [7, 11) is 0. The van der Waals surface area contributed by atoms with Gasteiger partial charge in [-0.3, -0.25) is 0 Å². The maximum Gasteiger partial charge on any atom is 0.124 e. The summed E-state index contributed by atoms with van der Waals surface area (Å²) in [5.74, 6) is 1.08. The number of halogens is 2. The Bertz CT molecular complexity index is 617. The van der Waals surface area contributed by atoms with E-state index in [-0.39, 0.29) is 11.5 Å². The predicted molar refractivity (Wildman–Crippen MR) is 79.5 cm³/mol. The van der Waals surface area contributed by atoms with Gasteiger partial charge < -0.3 is 4.74 Å². The van der Waals surface area contributed by atoms with Gasteiger partial charge in [-0.15, -0.1) is 0 Å². The van der Waals surface area contributed by atoms with Crippen molar-refractivity contribution in [2.75, 3.05) is 0 Å². The lowest BCUT2D eigenvalue weighted by molar-refractivity contribution is 0.122. The van der Waals surface area contributed by atoms with Gasteiger partial charge in [-0.05, 0) is 49.7 Å². The van der Waals surface area contributed by atoms with E-state index in [0.29, 0.717) is 0 Å². The van der Waals surface area contributed by atoms with E-state index in [0.717, 1.165) is 21.4 Å². The molecule has 1 atom stereocenters. The van der Waals surface area contributed by atoms with Gasteiger partial charge in [0.15, 0.2) is 0 Å². The molecular weight excluding hydrogens is 279 g/mol. The van der Waals surface area contributed by atoms with Gasteiger partial charge in [0.1, 0.15) is 11.4 Å². The fraction of sp³-hybridized carbons (Fsp3) is 0.250. The molecule has 0 aromatic heterocycles. The van der Waals surface area contributed by atoms with Gasteiger partial charge in [0, 0.05) is 15.6 Å². The van der Waals surface area contributed by atoms with Gasteiger partial charge in [0.05, 0.1) is 5.92 Å². The molecule has 0 fully saturated rings. The quantitative estimate of drug-likeness (QED) is 0.693. The lowest BCUT2D eigenvalue weighted by Crippen LogP contribution is -2.30. The van der Waals surface area contributed by atoms with E-state index >= 15 is 0 Å². The van der Waals surface area contributed by atoms with Crippen LogP contribution in [0.25, 0.3) is 0 Å². The largest absolute Gasteiger partial charge is 0.487 e. The third-order valence-electron chi connectivity index (χ3n) is 3.55. The van der Waals surface area contributed by atoms with Crippen molar-refractivity contribution in [3.05, 3.63) is 63.6 Å². The molecule has 0 spiro atoms. The Morgan fingerprint density at radius 3 is 2.26 bits per heavy atom. The molecule has 1 aliphatic heterocycles. The number of fused-ring (bicyclic) bond motifs is 1. The summed E-state index contributed by atoms with van der Waals surface area (Å²) in [5.41, 5.74) is 2.04. The molecule has 19 heavy (non-hydrogen) atoms. The SMILES string of the molecule is CC1(C)Oc2ccc(Cl)cc2C1c1ccc(Cl)cc1. The zero-order valence-electron chi connectivity index (χ0n) is 10.8. The standard InChI is InChI=1S/C16H14Cl2O/c1-16(2)15(10-3-5-11(17)6-4-10)13-9-12(18)7-8-14(13)19-16/h3-9,15H,1-2H3. The summed E-state index contributed by atoms with van der Waals surface area (Å²) < 4.78 is 6.05. The molecule has 0 N–H and O–H groups in total. The topological polar surface area (TPSA) is 9.23 Å². The number of benzene rings is 2. The molecule has 0 aliphatic carbocycles. The van der Waals surface area contributed by atoms with Crippen LogP contribution in [0.2, 0.25) is 10.0 Å². The minimum Gasteiger partial charge on any atom is -0.487 e. The number of hydrogen-bond acceptors (Lipinski definition) is 1. The van der Waals surface area contributed by atoms with Gasteiger partial charge in [-0.1, -0.05) is 35.3 Å². The highest BCUT2D eigenvalue weighted by Gasteiger charge is 2.42. The minimum atomic E-state index is -0.291. The van der Waals surface area contributed by atoms with E-state index in [1.165, 1.54) is 5.56 Å². The first-order valence-corrected chi connectivity index (χ1v) is 6.97. The van der Waals surface area contributed by atoms with Crippen molar-refractivity contribution in [3.8, 4) is 5.75 Å². The van der Waals surface area contributed by atoms with Crippen LogP contribution in [0, 0.1) is 0 Å². The second-order valence-corrected chi connectivity index (χ2v) is 6.25. The average Bonchev–Trinajstić information content (AvgIpc) is 2.60. The van der Waals surface area contributed by atoms with Crippen LogP contribution >= 0.6 is 23.2 Å². The number of hydrogen-bond donors (Lipinski definition) is 0. The third kappa shape index (κ3) is 2.22. The highest BCUT2D eigenvalue weighted by atomic mass is 35.5. The molecule has 98 valence electrons. The number of rotatable bonds is 1. The van der Waals surface area contributed by atoms with E-state index in [1.54, 1.807) is 0 Å². The van der Waals surface area contributed by atoms with Crippen molar-refractivity contribution in [2.45, 2.75) is 25.4 Å². The molecule has 3 rings (SSSR count). The normalized spacial score (nSPS) is 19.9. The van der Waals surface area contributed by atoms with E-state index in [9.17, 15) is 0 Å². The Morgan fingerprint density at radius 2 is 1.58 bits per heavy atom. The second-order valence-electron chi connectivity index (χ2n) is 5.37. The second kappa shape index (κ2) is 4.43. The summed E-state index contributed by atoms with van der Waals surface area (Å²) in [6, 6.07) is 13.7. The fourth-order valence-corrected chi connectivity index (χ4v) is 3.10. The molecule has 2 aromatic carbocycles. The molecular formula is C16H14Cl2O. The molecule has 1 nitrogen and oxygen atoms in total. The van der Waals surface area contributed by atoms with Crippen molar-refractivity contribution in [3.63, 3.8) is 0 Å². The number of ether oxygens (including phenoxy) is 1. The summed E-state index contributed by atoms with van der Waals surface area (Å²) in [5, 5.41) is 1.48. The van der Waals surface area contributed by atoms with Crippen molar-refractivity contribution >= 4 is 23.2 Å². The molecule has 0 bridgehead atoms. The molecule has 1 unspecified atom stereocenters. The third-order valence-corrected chi connectivity index (χ3v) is 4.04. The van der Waals surface area contributed by atoms with Gasteiger partial charge in [0.25, 0.3) is 0 Å². The highest BCUT2D eigenvalue weighted by Crippen LogP contribution is 2.48. The zero-order chi connectivity index (χ0) is 13.6. The van der Waals surface area contributed by atoms with Crippen LogP contribution in [0.15, 0.2) is 42.5 Å². The molecule has 2 aromatic rings. The average molecular weight is 293 g/mol. The maximum atomic E-state index is 6.12. The Hall–Kier alpha value is -1.18. The van der Waals surface area contributed by atoms with E-state index in [4.69, 9.17) is 27.9 Å². The molecule has 1 heterocycles. The molecule has 0 radical (unpaired) electrons. The van der Waals surface area contributed by atoms with Crippen molar-refractivity contribution in [1.29, 1.82) is 0 Å². The highest BCUT2D eigenvalue weighted by molar-refractivity contribution is 6.31. The first-order chi connectivity index (χ1) is 8.97. The van der Waals surface area contributed by atoms with Gasteiger partial charge >= 0.3 is 0 Å². The van der Waals surface area contributed by atoms with Crippen LogP contribution < -0.4 is 4.74 Å². The Morgan fingerprint density at radius 1 is 0.947 bits per heavy atom. The van der Waals surface area contributed by atoms with Crippen molar-refractivity contribution in [1.82, 2.24) is 0 Å². The van der Waals surface area contributed by atoms with Crippen LogP contribution in [0.5, 0.6) is 5.75 Å². The fourth-order valence-electron chi connectivity index (χ4n) is 2.79. The van der Waals surface area contributed by atoms with E-state index < -0.39 is 0 Å². The van der Waals surface area contributed by atoms with E-state index in [2.05, 4.69) is 13.8 Å². The Kier molecular flexibility index (Phi) is 2.99. The molecule has 0 saturated carbocycles. The predicted octanol–water partition coefficient (Wildman–Crippen LogP) is 5.30. The smallest absolute Gasteiger partial charge is 0.124 e. The van der Waals surface area contributed by atoms with Crippen molar-refractivity contribution < 1.29 is 4.74 Å². The van der Waals surface area contributed by atoms with Crippen LogP contribution in [-0.4, -0.2) is 5.60 Å². The van der Waals surface area contributed by atoms with Crippen molar-refractivity contribution in [2.24, 2.45) is 0 Å². The van der Waals surface area contributed by atoms with Crippen LogP contribution in [-0.2, 0) is 0 Å². The molecule has 1 aliphatic rings. The molecule has 3 heteroatoms. The summed E-state index contributed by atoms with van der Waals surface area (Å²) in [4.78, 5) is 0. The molecule has 0 saturated heterocycles. The van der Waals surface area contributed by atoms with Crippen LogP contribution in [0.4, 0.5) is 0 Å². The lowest BCUT2D eigenvalue weighted by atomic mass is 9.81. The Balaban J connectivity index is 2.14. The minimum absolute atomic E-state index is 0.165. The first-order valence-electron chi connectivity index (χ1n) is 6.21. The van der Waals surface area contributed by atoms with Crippen LogP contribution in [0.3, 0.4) is 0 Å². The molecule has 0 amide bonds. The maximum absolute atomic E-state index is 6.12. The van der Waals surface area contributed by atoms with Gasteiger partial charge in [-0.25, -0.2) is 0 Å². The van der Waals surface area contributed by atoms with E-state index in [1.807, 2.05) is 42.5 Å². The summed E-state index contributed by atoms with van der Waals surface area (Å²) in [6.07, 6.45) is 0. The Labute approximate surface area is 123 Å².